The number of H-pyrrole nitrogens is 2. The zero-order valence-corrected chi connectivity index (χ0v) is 12.5. The largest absolute Gasteiger partial charge is 0.262 e. The van der Waals surface area contributed by atoms with Gasteiger partial charge >= 0.3 is 0 Å². The molecular formula is C14H16N6S. The average Bonchev–Trinajstić information content (AvgIpc) is 3.15. The normalized spacial score (nSPS) is 10.9. The summed E-state index contributed by atoms with van der Waals surface area (Å²) < 4.78 is 0. The van der Waals surface area contributed by atoms with E-state index in [0.717, 1.165) is 35.5 Å². The van der Waals surface area contributed by atoms with Gasteiger partial charge in [-0.25, -0.2) is 9.97 Å². The van der Waals surface area contributed by atoms with Crippen LogP contribution >= 0.6 is 11.8 Å². The Bertz CT molecular complexity index is 690. The maximum Gasteiger partial charge on any atom is 0.208 e. The van der Waals surface area contributed by atoms with Gasteiger partial charge in [0.05, 0.1) is 5.75 Å². The number of aromatic nitrogens is 6. The minimum absolute atomic E-state index is 0.683. The Hall–Kier alpha value is -2.15. The van der Waals surface area contributed by atoms with Crippen LogP contribution in [0.1, 0.15) is 30.0 Å². The lowest BCUT2D eigenvalue weighted by molar-refractivity contribution is 0.940. The smallest absolute Gasteiger partial charge is 0.208 e. The number of aromatic amines is 2. The summed E-state index contributed by atoms with van der Waals surface area (Å²) in [6, 6.07) is 10.2. The van der Waals surface area contributed by atoms with E-state index in [9.17, 15) is 0 Å². The Morgan fingerprint density at radius 2 is 1.81 bits per heavy atom. The predicted octanol–water partition coefficient (Wildman–Crippen LogP) is 2.37. The van der Waals surface area contributed by atoms with Gasteiger partial charge in [0.1, 0.15) is 11.6 Å². The van der Waals surface area contributed by atoms with Crippen LogP contribution in [0.5, 0.6) is 0 Å². The highest BCUT2D eigenvalue weighted by Crippen LogP contribution is 2.17. The zero-order valence-electron chi connectivity index (χ0n) is 11.7. The second-order valence-corrected chi connectivity index (χ2v) is 5.51. The third-order valence-corrected chi connectivity index (χ3v) is 3.83. The van der Waals surface area contributed by atoms with Crippen molar-refractivity contribution in [3.63, 3.8) is 0 Å². The molecule has 0 amide bonds. The lowest BCUT2D eigenvalue weighted by Crippen LogP contribution is -1.90. The van der Waals surface area contributed by atoms with E-state index in [1.165, 1.54) is 5.56 Å². The Labute approximate surface area is 126 Å². The number of benzene rings is 1. The van der Waals surface area contributed by atoms with Crippen molar-refractivity contribution in [3.8, 4) is 0 Å². The van der Waals surface area contributed by atoms with Crippen LogP contribution in [0.25, 0.3) is 0 Å². The zero-order chi connectivity index (χ0) is 14.5. The maximum atomic E-state index is 4.49. The van der Waals surface area contributed by atoms with Crippen LogP contribution in [0.2, 0.25) is 0 Å². The van der Waals surface area contributed by atoms with E-state index in [4.69, 9.17) is 0 Å². The van der Waals surface area contributed by atoms with Gasteiger partial charge < -0.3 is 0 Å². The minimum Gasteiger partial charge on any atom is -0.262 e. The van der Waals surface area contributed by atoms with Gasteiger partial charge in [-0.3, -0.25) is 10.2 Å². The number of rotatable bonds is 6. The topological polar surface area (TPSA) is 83.1 Å². The quantitative estimate of drug-likeness (QED) is 0.683. The molecule has 21 heavy (non-hydrogen) atoms. The van der Waals surface area contributed by atoms with Gasteiger partial charge in [-0.2, -0.15) is 5.10 Å². The average molecular weight is 300 g/mol. The molecule has 2 N–H and O–H groups in total. The number of hydrogen-bond donors (Lipinski definition) is 2. The lowest BCUT2D eigenvalue weighted by atomic mass is 10.1. The van der Waals surface area contributed by atoms with Crippen LogP contribution in [0.3, 0.4) is 0 Å². The van der Waals surface area contributed by atoms with E-state index in [2.05, 4.69) is 42.5 Å². The molecule has 2 aromatic heterocycles. The van der Waals surface area contributed by atoms with E-state index < -0.39 is 0 Å². The van der Waals surface area contributed by atoms with Crippen molar-refractivity contribution in [3.05, 3.63) is 53.4 Å². The summed E-state index contributed by atoms with van der Waals surface area (Å²) in [6.07, 6.45) is 1.60. The molecule has 1 aromatic carbocycles. The molecule has 0 radical (unpaired) electrons. The van der Waals surface area contributed by atoms with Crippen LogP contribution in [0.4, 0.5) is 0 Å². The molecule has 0 spiro atoms. The van der Waals surface area contributed by atoms with Crippen LogP contribution in [-0.2, 0) is 18.6 Å². The van der Waals surface area contributed by atoms with Crippen molar-refractivity contribution in [1.82, 2.24) is 30.4 Å². The molecule has 0 unspecified atom stereocenters. The summed E-state index contributed by atoms with van der Waals surface area (Å²) >= 11 is 1.54. The Morgan fingerprint density at radius 3 is 2.57 bits per heavy atom. The third-order valence-electron chi connectivity index (χ3n) is 2.97. The number of nitrogens with one attached hydrogen (secondary N) is 2. The molecule has 3 aromatic rings. The van der Waals surface area contributed by atoms with Crippen molar-refractivity contribution in [1.29, 1.82) is 0 Å². The molecule has 0 aliphatic heterocycles. The molecule has 0 aliphatic carbocycles. The molecule has 108 valence electrons. The van der Waals surface area contributed by atoms with Crippen LogP contribution < -0.4 is 0 Å². The van der Waals surface area contributed by atoms with Crippen molar-refractivity contribution in [2.45, 2.75) is 30.7 Å². The van der Waals surface area contributed by atoms with Crippen LogP contribution in [0.15, 0.2) is 35.5 Å². The molecule has 6 nitrogen and oxygen atoms in total. The van der Waals surface area contributed by atoms with Crippen LogP contribution in [-0.4, -0.2) is 30.4 Å². The van der Waals surface area contributed by atoms with Crippen molar-refractivity contribution in [2.75, 3.05) is 0 Å². The molecule has 3 rings (SSSR count). The highest BCUT2D eigenvalue weighted by atomic mass is 32.2. The highest BCUT2D eigenvalue weighted by Gasteiger charge is 2.07. The summed E-state index contributed by atoms with van der Waals surface area (Å²) in [7, 11) is 0. The van der Waals surface area contributed by atoms with Gasteiger partial charge in [0.15, 0.2) is 5.82 Å². The molecular weight excluding hydrogens is 284 g/mol. The van der Waals surface area contributed by atoms with Gasteiger partial charge in [0.25, 0.3) is 0 Å². The summed E-state index contributed by atoms with van der Waals surface area (Å²) in [5, 5.41) is 15.0. The molecule has 0 aliphatic rings. The Morgan fingerprint density at radius 1 is 1.00 bits per heavy atom. The second kappa shape index (κ2) is 6.53. The summed E-state index contributed by atoms with van der Waals surface area (Å²) in [5.74, 6) is 3.23. The fraction of sp³-hybridized carbons (Fsp3) is 0.286. The van der Waals surface area contributed by atoms with Gasteiger partial charge in [-0.1, -0.05) is 49.0 Å². The van der Waals surface area contributed by atoms with E-state index >= 15 is 0 Å². The van der Waals surface area contributed by atoms with E-state index in [1.54, 1.807) is 11.8 Å². The minimum atomic E-state index is 0.683. The van der Waals surface area contributed by atoms with Crippen molar-refractivity contribution in [2.24, 2.45) is 0 Å². The van der Waals surface area contributed by atoms with E-state index in [1.807, 2.05) is 25.1 Å². The Kier molecular flexibility index (Phi) is 4.30. The number of aryl methyl sites for hydroxylation is 1. The fourth-order valence-electron chi connectivity index (χ4n) is 1.89. The van der Waals surface area contributed by atoms with Gasteiger partial charge in [-0.15, -0.1) is 5.10 Å². The first-order valence-corrected chi connectivity index (χ1v) is 7.80. The predicted molar refractivity (Wildman–Crippen MR) is 81.0 cm³/mol. The maximum absolute atomic E-state index is 4.49. The standard InChI is InChI=1S/C14H16N6S/c1-2-11-16-14(20-17-11)21-9-13-15-12(18-19-13)8-10-6-4-3-5-7-10/h3-7H,2,8-9H2,1H3,(H,15,18,19)(H,16,17,20). The second-order valence-electron chi connectivity index (χ2n) is 4.57. The first-order valence-electron chi connectivity index (χ1n) is 6.81. The number of nitrogens with zero attached hydrogens (tertiary/aromatic N) is 4. The van der Waals surface area contributed by atoms with Gasteiger partial charge in [0, 0.05) is 12.8 Å². The summed E-state index contributed by atoms with van der Waals surface area (Å²) in [5.41, 5.74) is 1.21. The molecule has 0 bridgehead atoms. The fourth-order valence-corrected chi connectivity index (χ4v) is 2.57. The SMILES string of the molecule is CCc1nc(SCc2nc(Cc3ccccc3)n[nH]2)n[nH]1. The number of hydrogen-bond acceptors (Lipinski definition) is 5. The molecule has 7 heteroatoms. The van der Waals surface area contributed by atoms with Crippen molar-refractivity contribution < 1.29 is 0 Å². The first-order chi connectivity index (χ1) is 10.3. The summed E-state index contributed by atoms with van der Waals surface area (Å²) in [6.45, 7) is 2.04. The van der Waals surface area contributed by atoms with Crippen LogP contribution in [0, 0.1) is 0 Å². The molecule has 0 saturated carbocycles. The van der Waals surface area contributed by atoms with E-state index in [0.29, 0.717) is 5.75 Å². The monoisotopic (exact) mass is 300 g/mol. The van der Waals surface area contributed by atoms with E-state index in [-0.39, 0.29) is 0 Å². The summed E-state index contributed by atoms with van der Waals surface area (Å²) in [4.78, 5) is 8.85. The lowest BCUT2D eigenvalue weighted by Gasteiger charge is -1.95. The molecule has 0 atom stereocenters. The third kappa shape index (κ3) is 3.69. The molecule has 0 saturated heterocycles. The van der Waals surface area contributed by atoms with Gasteiger partial charge in [0.2, 0.25) is 5.16 Å². The molecule has 0 fully saturated rings. The Balaban J connectivity index is 1.57. The molecule has 2 heterocycles. The first kappa shape index (κ1) is 13.8. The highest BCUT2D eigenvalue weighted by molar-refractivity contribution is 7.98. The van der Waals surface area contributed by atoms with Crippen molar-refractivity contribution >= 4 is 11.8 Å². The number of thioether (sulfide) groups is 1. The van der Waals surface area contributed by atoms with Gasteiger partial charge in [-0.05, 0) is 5.56 Å².